The fraction of sp³-hybridized carbons (Fsp3) is 0.526. The molecule has 1 amide bonds. The molecule has 7 nitrogen and oxygen atoms in total. The van der Waals surface area contributed by atoms with E-state index < -0.39 is 0 Å². The van der Waals surface area contributed by atoms with Gasteiger partial charge in [-0.3, -0.25) is 14.7 Å². The van der Waals surface area contributed by atoms with Gasteiger partial charge in [0.05, 0.1) is 31.1 Å². The third-order valence-electron chi connectivity index (χ3n) is 5.45. The Morgan fingerprint density at radius 2 is 2.00 bits per heavy atom. The summed E-state index contributed by atoms with van der Waals surface area (Å²) in [5, 5.41) is 0. The first-order valence-corrected chi connectivity index (χ1v) is 9.26. The van der Waals surface area contributed by atoms with Crippen molar-refractivity contribution in [2.75, 3.05) is 32.8 Å². The van der Waals surface area contributed by atoms with E-state index in [9.17, 15) is 4.79 Å². The monoisotopic (exact) mass is 355 g/mol. The first kappa shape index (κ1) is 17.2. The van der Waals surface area contributed by atoms with E-state index in [1.807, 2.05) is 23.2 Å². The van der Waals surface area contributed by atoms with Crippen molar-refractivity contribution >= 4 is 5.91 Å². The number of piperidine rings is 1. The molecular weight excluding hydrogens is 330 g/mol. The molecule has 0 spiro atoms. The van der Waals surface area contributed by atoms with Crippen molar-refractivity contribution < 1.29 is 9.53 Å². The lowest BCUT2D eigenvalue weighted by molar-refractivity contribution is -0.131. The molecule has 7 heteroatoms. The summed E-state index contributed by atoms with van der Waals surface area (Å²) in [4.78, 5) is 28.2. The van der Waals surface area contributed by atoms with Gasteiger partial charge in [0, 0.05) is 50.6 Å². The molecule has 0 radical (unpaired) electrons. The number of aromatic amines is 1. The highest BCUT2D eigenvalue weighted by atomic mass is 16.5. The molecule has 2 aliphatic heterocycles. The molecule has 0 bridgehead atoms. The summed E-state index contributed by atoms with van der Waals surface area (Å²) in [5.41, 5.74) is 2.08. The van der Waals surface area contributed by atoms with E-state index in [1.54, 1.807) is 19.3 Å². The van der Waals surface area contributed by atoms with Crippen LogP contribution in [0.25, 0.3) is 11.3 Å². The number of amides is 1. The number of aromatic nitrogens is 3. The lowest BCUT2D eigenvalue weighted by Crippen LogP contribution is -2.51. The molecule has 0 aromatic carbocycles. The molecule has 4 rings (SSSR count). The van der Waals surface area contributed by atoms with Crippen molar-refractivity contribution in [1.82, 2.24) is 24.8 Å². The minimum Gasteiger partial charge on any atom is -0.378 e. The Labute approximate surface area is 153 Å². The van der Waals surface area contributed by atoms with Crippen LogP contribution in [0, 0.1) is 0 Å². The molecule has 1 N–H and O–H groups in total. The molecule has 26 heavy (non-hydrogen) atoms. The van der Waals surface area contributed by atoms with Gasteiger partial charge in [-0.15, -0.1) is 0 Å². The second kappa shape index (κ2) is 7.55. The van der Waals surface area contributed by atoms with Crippen LogP contribution in [-0.2, 0) is 9.53 Å². The van der Waals surface area contributed by atoms with Gasteiger partial charge in [0.15, 0.2) is 0 Å². The van der Waals surface area contributed by atoms with Crippen molar-refractivity contribution in [3.05, 3.63) is 36.5 Å². The summed E-state index contributed by atoms with van der Waals surface area (Å²) >= 11 is 0. The number of hydrogen-bond donors (Lipinski definition) is 1. The average molecular weight is 355 g/mol. The predicted molar refractivity (Wildman–Crippen MR) is 97.4 cm³/mol. The Hall–Kier alpha value is -2.25. The zero-order valence-electron chi connectivity index (χ0n) is 15.1. The highest BCUT2D eigenvalue weighted by Crippen LogP contribution is 2.30. The summed E-state index contributed by atoms with van der Waals surface area (Å²) in [6, 6.07) is 4.55. The van der Waals surface area contributed by atoms with Crippen molar-refractivity contribution in [1.29, 1.82) is 0 Å². The van der Waals surface area contributed by atoms with Crippen LogP contribution in [-0.4, -0.2) is 69.5 Å². The lowest BCUT2D eigenvalue weighted by atomic mass is 10.00. The standard InChI is InChI=1S/C19H25N5O2/c1-14(25)23-8-4-16(5-9-23)24-10-11-26-13-18(24)19-21-12-17(22-19)15-2-6-20-7-3-15/h2-3,6-7,12,16,18H,4-5,8-11,13H2,1H3,(H,21,22)/t18-/m0/s1. The third-order valence-corrected chi connectivity index (χ3v) is 5.45. The number of rotatable bonds is 3. The molecule has 138 valence electrons. The number of carbonyl (C=O) groups excluding carboxylic acids is 1. The normalized spacial score (nSPS) is 22.5. The van der Waals surface area contributed by atoms with Gasteiger partial charge in [-0.25, -0.2) is 4.98 Å². The van der Waals surface area contributed by atoms with Crippen LogP contribution >= 0.6 is 0 Å². The molecular formula is C19H25N5O2. The quantitative estimate of drug-likeness (QED) is 0.910. The molecule has 2 aliphatic rings. The Balaban J connectivity index is 1.50. The Morgan fingerprint density at radius 1 is 1.23 bits per heavy atom. The number of imidazole rings is 1. The van der Waals surface area contributed by atoms with Gasteiger partial charge < -0.3 is 14.6 Å². The molecule has 0 aliphatic carbocycles. The van der Waals surface area contributed by atoms with E-state index in [-0.39, 0.29) is 11.9 Å². The number of morpholine rings is 1. The van der Waals surface area contributed by atoms with Gasteiger partial charge >= 0.3 is 0 Å². The third kappa shape index (κ3) is 3.50. The van der Waals surface area contributed by atoms with Crippen molar-refractivity contribution in [2.45, 2.75) is 31.8 Å². The molecule has 0 unspecified atom stereocenters. The van der Waals surface area contributed by atoms with Gasteiger partial charge in [0.1, 0.15) is 5.82 Å². The van der Waals surface area contributed by atoms with E-state index >= 15 is 0 Å². The van der Waals surface area contributed by atoms with Gasteiger partial charge in [0.25, 0.3) is 0 Å². The van der Waals surface area contributed by atoms with Crippen LogP contribution in [0.4, 0.5) is 0 Å². The molecule has 4 heterocycles. The highest BCUT2D eigenvalue weighted by Gasteiger charge is 2.34. The van der Waals surface area contributed by atoms with Crippen LogP contribution in [0.3, 0.4) is 0 Å². The SMILES string of the molecule is CC(=O)N1CCC(N2CCOC[C@H]2c2ncc(-c3ccncc3)[nH]2)CC1. The van der Waals surface area contributed by atoms with E-state index in [0.717, 1.165) is 56.2 Å². The highest BCUT2D eigenvalue weighted by molar-refractivity contribution is 5.73. The van der Waals surface area contributed by atoms with Crippen LogP contribution in [0.5, 0.6) is 0 Å². The average Bonchev–Trinajstić information content (AvgIpc) is 3.19. The van der Waals surface area contributed by atoms with E-state index in [1.165, 1.54) is 0 Å². The minimum absolute atomic E-state index is 0.133. The number of ether oxygens (including phenoxy) is 1. The summed E-state index contributed by atoms with van der Waals surface area (Å²) in [5.74, 6) is 1.13. The number of carbonyl (C=O) groups is 1. The van der Waals surface area contributed by atoms with Crippen molar-refractivity contribution in [2.24, 2.45) is 0 Å². The molecule has 2 aromatic rings. The number of hydrogen-bond acceptors (Lipinski definition) is 5. The number of likely N-dealkylation sites (tertiary alicyclic amines) is 1. The number of nitrogens with zero attached hydrogens (tertiary/aromatic N) is 4. The van der Waals surface area contributed by atoms with Crippen LogP contribution in [0.1, 0.15) is 31.6 Å². The van der Waals surface area contributed by atoms with E-state index in [4.69, 9.17) is 4.74 Å². The number of nitrogens with one attached hydrogen (secondary N) is 1. The predicted octanol–water partition coefficient (Wildman–Crippen LogP) is 1.86. The topological polar surface area (TPSA) is 74.3 Å². The fourth-order valence-electron chi connectivity index (χ4n) is 3.99. The fourth-order valence-corrected chi connectivity index (χ4v) is 3.99. The van der Waals surface area contributed by atoms with E-state index in [2.05, 4.69) is 19.9 Å². The number of H-pyrrole nitrogens is 1. The number of pyridine rings is 1. The molecule has 2 aromatic heterocycles. The van der Waals surface area contributed by atoms with Crippen LogP contribution in [0.2, 0.25) is 0 Å². The summed E-state index contributed by atoms with van der Waals surface area (Å²) in [6.07, 6.45) is 7.47. The van der Waals surface area contributed by atoms with Crippen molar-refractivity contribution in [3.63, 3.8) is 0 Å². The second-order valence-corrected chi connectivity index (χ2v) is 6.98. The van der Waals surface area contributed by atoms with Gasteiger partial charge in [0.2, 0.25) is 5.91 Å². The zero-order chi connectivity index (χ0) is 17.9. The Morgan fingerprint density at radius 3 is 2.73 bits per heavy atom. The molecule has 2 saturated heterocycles. The van der Waals surface area contributed by atoms with Crippen molar-refractivity contribution in [3.8, 4) is 11.3 Å². The molecule has 2 fully saturated rings. The Bertz CT molecular complexity index is 739. The minimum atomic E-state index is 0.133. The van der Waals surface area contributed by atoms with Gasteiger partial charge in [-0.2, -0.15) is 0 Å². The van der Waals surface area contributed by atoms with Crippen LogP contribution in [0.15, 0.2) is 30.7 Å². The summed E-state index contributed by atoms with van der Waals surface area (Å²) < 4.78 is 5.76. The smallest absolute Gasteiger partial charge is 0.219 e. The first-order valence-electron chi connectivity index (χ1n) is 9.26. The van der Waals surface area contributed by atoms with E-state index in [0.29, 0.717) is 12.6 Å². The first-order chi connectivity index (χ1) is 12.7. The maximum atomic E-state index is 11.6. The van der Waals surface area contributed by atoms with Gasteiger partial charge in [-0.05, 0) is 25.0 Å². The van der Waals surface area contributed by atoms with Gasteiger partial charge in [-0.1, -0.05) is 0 Å². The molecule has 0 saturated carbocycles. The van der Waals surface area contributed by atoms with Crippen LogP contribution < -0.4 is 0 Å². The lowest BCUT2D eigenvalue weighted by Gasteiger charge is -2.43. The summed E-state index contributed by atoms with van der Waals surface area (Å²) in [7, 11) is 0. The largest absolute Gasteiger partial charge is 0.378 e. The maximum Gasteiger partial charge on any atom is 0.219 e. The maximum absolute atomic E-state index is 11.6. The zero-order valence-corrected chi connectivity index (χ0v) is 15.1. The Kier molecular flexibility index (Phi) is 4.99. The summed E-state index contributed by atoms with van der Waals surface area (Å²) in [6.45, 7) is 5.63. The second-order valence-electron chi connectivity index (χ2n) is 6.98. The molecule has 1 atom stereocenters.